The van der Waals surface area contributed by atoms with Crippen LogP contribution in [0.15, 0.2) is 62.6 Å². The molecule has 126 valence electrons. The monoisotopic (exact) mass is 451 g/mol. The lowest BCUT2D eigenvalue weighted by Gasteiger charge is -2.08. The smallest absolute Gasteiger partial charge is 0.259 e. The normalized spacial score (nSPS) is 11.2. The largest absolute Gasteiger partial charge is 0.375 e. The highest BCUT2D eigenvalue weighted by atomic mass is 79.9. The molecule has 24 heavy (non-hydrogen) atoms. The standard InChI is InChI=1S/C18H19Br2N3O/c1-13(7-8-14-5-3-2-4-6-14)22-23-18(24)12-21-17-10-9-15(19)11-16(17)20/h2-6,9-11,21H,7-8,12H2,1H3,(H,23,24)/b22-13+. The lowest BCUT2D eigenvalue weighted by Crippen LogP contribution is -2.26. The van der Waals surface area contributed by atoms with Crippen molar-refractivity contribution in [2.45, 2.75) is 19.8 Å². The van der Waals surface area contributed by atoms with E-state index in [9.17, 15) is 4.79 Å². The van der Waals surface area contributed by atoms with Crippen LogP contribution in [0.3, 0.4) is 0 Å². The number of benzene rings is 2. The zero-order valence-corrected chi connectivity index (χ0v) is 16.5. The molecule has 0 aromatic heterocycles. The number of hydrogen-bond donors (Lipinski definition) is 2. The SMILES string of the molecule is C/C(CCc1ccccc1)=N\NC(=O)CNc1ccc(Br)cc1Br. The van der Waals surface area contributed by atoms with Crippen LogP contribution in [-0.2, 0) is 11.2 Å². The minimum Gasteiger partial charge on any atom is -0.375 e. The number of nitrogens with one attached hydrogen (secondary N) is 2. The van der Waals surface area contributed by atoms with Gasteiger partial charge in [-0.05, 0) is 59.5 Å². The predicted octanol–water partition coefficient (Wildman–Crippen LogP) is 4.75. The number of nitrogens with zero attached hydrogens (tertiary/aromatic N) is 1. The number of carbonyl (C=O) groups is 1. The van der Waals surface area contributed by atoms with Crippen molar-refractivity contribution in [3.8, 4) is 0 Å². The summed E-state index contributed by atoms with van der Waals surface area (Å²) in [5, 5.41) is 7.22. The molecule has 1 amide bonds. The molecule has 0 aliphatic carbocycles. The highest BCUT2D eigenvalue weighted by Crippen LogP contribution is 2.25. The third-order valence-electron chi connectivity index (χ3n) is 3.36. The van der Waals surface area contributed by atoms with Gasteiger partial charge in [0.25, 0.3) is 5.91 Å². The Hall–Kier alpha value is -1.66. The Morgan fingerprint density at radius 1 is 1.12 bits per heavy atom. The molecule has 2 rings (SSSR count). The van der Waals surface area contributed by atoms with E-state index >= 15 is 0 Å². The summed E-state index contributed by atoms with van der Waals surface area (Å²) < 4.78 is 1.87. The topological polar surface area (TPSA) is 53.5 Å². The fourth-order valence-electron chi connectivity index (χ4n) is 2.03. The maximum atomic E-state index is 11.9. The van der Waals surface area contributed by atoms with Gasteiger partial charge in [-0.15, -0.1) is 0 Å². The van der Waals surface area contributed by atoms with Crippen molar-refractivity contribution in [2.24, 2.45) is 5.10 Å². The summed E-state index contributed by atoms with van der Waals surface area (Å²) in [6.45, 7) is 2.08. The van der Waals surface area contributed by atoms with Crippen LogP contribution >= 0.6 is 31.9 Å². The van der Waals surface area contributed by atoms with Gasteiger partial charge in [-0.1, -0.05) is 46.3 Å². The minimum atomic E-state index is -0.177. The summed E-state index contributed by atoms with van der Waals surface area (Å²) in [6.07, 6.45) is 1.73. The van der Waals surface area contributed by atoms with E-state index in [4.69, 9.17) is 0 Å². The summed E-state index contributed by atoms with van der Waals surface area (Å²) in [5.74, 6) is -0.177. The molecular formula is C18H19Br2N3O. The molecule has 6 heteroatoms. The van der Waals surface area contributed by atoms with Crippen molar-refractivity contribution in [3.05, 3.63) is 63.0 Å². The van der Waals surface area contributed by atoms with E-state index < -0.39 is 0 Å². The lowest BCUT2D eigenvalue weighted by atomic mass is 10.1. The molecule has 2 aromatic rings. The Balaban J connectivity index is 1.75. The van der Waals surface area contributed by atoms with Gasteiger partial charge in [-0.25, -0.2) is 5.43 Å². The first-order chi connectivity index (χ1) is 11.5. The van der Waals surface area contributed by atoms with Crippen LogP contribution in [0, 0.1) is 0 Å². The number of amides is 1. The third kappa shape index (κ3) is 6.45. The van der Waals surface area contributed by atoms with E-state index in [0.717, 1.165) is 33.2 Å². The summed E-state index contributed by atoms with van der Waals surface area (Å²) in [5.41, 5.74) is 5.61. The zero-order valence-electron chi connectivity index (χ0n) is 13.4. The Kier molecular flexibility index (Phi) is 7.46. The molecule has 0 unspecified atom stereocenters. The number of halogens is 2. The van der Waals surface area contributed by atoms with Crippen LogP contribution in [0.2, 0.25) is 0 Å². The van der Waals surface area contributed by atoms with Crippen molar-refractivity contribution in [1.29, 1.82) is 0 Å². The molecule has 4 nitrogen and oxygen atoms in total. The average Bonchev–Trinajstić information content (AvgIpc) is 2.58. The number of carbonyl (C=O) groups excluding carboxylic acids is 1. The maximum Gasteiger partial charge on any atom is 0.259 e. The fourth-order valence-corrected chi connectivity index (χ4v) is 3.22. The molecule has 0 saturated heterocycles. The second kappa shape index (κ2) is 9.59. The van der Waals surface area contributed by atoms with Gasteiger partial charge in [0.05, 0.1) is 6.54 Å². The number of anilines is 1. The molecule has 0 aliphatic heterocycles. The van der Waals surface area contributed by atoms with Crippen molar-refractivity contribution in [1.82, 2.24) is 5.43 Å². The first-order valence-electron chi connectivity index (χ1n) is 7.59. The van der Waals surface area contributed by atoms with E-state index in [-0.39, 0.29) is 12.5 Å². The minimum absolute atomic E-state index is 0.162. The first kappa shape index (κ1) is 18.7. The molecular weight excluding hydrogens is 434 g/mol. The summed E-state index contributed by atoms with van der Waals surface area (Å²) in [6, 6.07) is 16.0. The predicted molar refractivity (Wildman–Crippen MR) is 106 cm³/mol. The fraction of sp³-hybridized carbons (Fsp3) is 0.222. The van der Waals surface area contributed by atoms with E-state index in [0.29, 0.717) is 0 Å². The van der Waals surface area contributed by atoms with Crippen LogP contribution in [0.25, 0.3) is 0 Å². The van der Waals surface area contributed by atoms with Crippen LogP contribution in [0.1, 0.15) is 18.9 Å². The van der Waals surface area contributed by atoms with Crippen molar-refractivity contribution >= 4 is 49.2 Å². The highest BCUT2D eigenvalue weighted by molar-refractivity contribution is 9.11. The lowest BCUT2D eigenvalue weighted by molar-refractivity contribution is -0.119. The third-order valence-corrected chi connectivity index (χ3v) is 4.51. The van der Waals surface area contributed by atoms with Gasteiger partial charge >= 0.3 is 0 Å². The van der Waals surface area contributed by atoms with Gasteiger partial charge in [0.2, 0.25) is 0 Å². The molecule has 0 bridgehead atoms. The van der Waals surface area contributed by atoms with E-state index in [1.807, 2.05) is 43.3 Å². The van der Waals surface area contributed by atoms with Gasteiger partial charge in [-0.2, -0.15) is 5.10 Å². The van der Waals surface area contributed by atoms with E-state index in [1.165, 1.54) is 5.56 Å². The molecule has 0 spiro atoms. The Labute approximate surface area is 159 Å². The zero-order chi connectivity index (χ0) is 17.4. The van der Waals surface area contributed by atoms with Crippen LogP contribution < -0.4 is 10.7 Å². The molecule has 0 fully saturated rings. The summed E-state index contributed by atoms with van der Waals surface area (Å²) in [4.78, 5) is 11.9. The maximum absolute atomic E-state index is 11.9. The number of hydrazone groups is 1. The Morgan fingerprint density at radius 3 is 2.58 bits per heavy atom. The summed E-state index contributed by atoms with van der Waals surface area (Å²) in [7, 11) is 0. The van der Waals surface area contributed by atoms with Gasteiger partial charge in [-0.3, -0.25) is 4.79 Å². The van der Waals surface area contributed by atoms with Crippen molar-refractivity contribution in [2.75, 3.05) is 11.9 Å². The van der Waals surface area contributed by atoms with Crippen LogP contribution in [0.5, 0.6) is 0 Å². The van der Waals surface area contributed by atoms with Crippen LogP contribution in [0.4, 0.5) is 5.69 Å². The number of rotatable bonds is 7. The van der Waals surface area contributed by atoms with E-state index in [2.05, 4.69) is 59.8 Å². The van der Waals surface area contributed by atoms with Crippen LogP contribution in [-0.4, -0.2) is 18.2 Å². The molecule has 0 heterocycles. The molecule has 2 aromatic carbocycles. The first-order valence-corrected chi connectivity index (χ1v) is 9.18. The summed E-state index contributed by atoms with van der Waals surface area (Å²) >= 11 is 6.84. The van der Waals surface area contributed by atoms with Gasteiger partial charge < -0.3 is 5.32 Å². The highest BCUT2D eigenvalue weighted by Gasteiger charge is 2.04. The average molecular weight is 453 g/mol. The van der Waals surface area contributed by atoms with Crippen molar-refractivity contribution < 1.29 is 4.79 Å². The van der Waals surface area contributed by atoms with E-state index in [1.54, 1.807) is 0 Å². The van der Waals surface area contributed by atoms with Gasteiger partial charge in [0.1, 0.15) is 0 Å². The second-order valence-corrected chi connectivity index (χ2v) is 7.12. The van der Waals surface area contributed by atoms with Gasteiger partial charge in [0, 0.05) is 20.3 Å². The molecule has 0 radical (unpaired) electrons. The van der Waals surface area contributed by atoms with Gasteiger partial charge in [0.15, 0.2) is 0 Å². The molecule has 0 aliphatic rings. The second-order valence-electron chi connectivity index (χ2n) is 5.35. The number of aryl methyl sites for hydroxylation is 1. The molecule has 2 N–H and O–H groups in total. The Morgan fingerprint density at radius 2 is 1.88 bits per heavy atom. The Bertz CT molecular complexity index is 717. The van der Waals surface area contributed by atoms with Crippen molar-refractivity contribution in [3.63, 3.8) is 0 Å². The number of hydrogen-bond acceptors (Lipinski definition) is 3. The molecule has 0 atom stereocenters. The molecule has 0 saturated carbocycles. The quantitative estimate of drug-likeness (QED) is 0.470.